The fourth-order valence-electron chi connectivity index (χ4n) is 2.36. The van der Waals surface area contributed by atoms with E-state index in [2.05, 4.69) is 19.2 Å². The van der Waals surface area contributed by atoms with Crippen molar-refractivity contribution in [2.24, 2.45) is 5.92 Å². The van der Waals surface area contributed by atoms with E-state index < -0.39 is 0 Å². The Labute approximate surface area is 116 Å². The van der Waals surface area contributed by atoms with Gasteiger partial charge in [0, 0.05) is 24.9 Å². The molecule has 0 saturated carbocycles. The lowest BCUT2D eigenvalue weighted by Gasteiger charge is -2.23. The van der Waals surface area contributed by atoms with E-state index in [1.165, 1.54) is 6.42 Å². The highest BCUT2D eigenvalue weighted by atomic mass is 35.5. The van der Waals surface area contributed by atoms with Crippen LogP contribution in [0.5, 0.6) is 0 Å². The second-order valence-electron chi connectivity index (χ2n) is 5.58. The van der Waals surface area contributed by atoms with Crippen LogP contribution in [0.2, 0.25) is 0 Å². The predicted molar refractivity (Wildman–Crippen MR) is 74.9 cm³/mol. The van der Waals surface area contributed by atoms with Crippen molar-refractivity contribution in [2.75, 3.05) is 12.5 Å². The highest BCUT2D eigenvalue weighted by Gasteiger charge is 2.17. The maximum Gasteiger partial charge on any atom is 0.220 e. The smallest absolute Gasteiger partial charge is 0.220 e. The average Bonchev–Trinajstić information content (AvgIpc) is 2.36. The lowest BCUT2D eigenvalue weighted by molar-refractivity contribution is -0.122. The minimum absolute atomic E-state index is 0.103. The Kier molecular flexibility index (Phi) is 7.68. The van der Waals surface area contributed by atoms with Crippen LogP contribution >= 0.6 is 11.6 Å². The van der Waals surface area contributed by atoms with Crippen molar-refractivity contribution in [2.45, 2.75) is 64.5 Å². The highest BCUT2D eigenvalue weighted by molar-refractivity contribution is 6.18. The molecule has 3 nitrogen and oxygen atoms in total. The third-order valence-corrected chi connectivity index (χ3v) is 3.65. The number of carbonyl (C=O) groups excluding carboxylic acids is 1. The van der Waals surface area contributed by atoms with Crippen LogP contribution in [0.15, 0.2) is 0 Å². The largest absolute Gasteiger partial charge is 0.378 e. The van der Waals surface area contributed by atoms with Crippen molar-refractivity contribution in [1.82, 2.24) is 5.32 Å². The minimum Gasteiger partial charge on any atom is -0.378 e. The molecule has 0 spiro atoms. The van der Waals surface area contributed by atoms with Gasteiger partial charge in [0.1, 0.15) is 0 Å². The monoisotopic (exact) mass is 275 g/mol. The molecule has 2 unspecified atom stereocenters. The first-order valence-electron chi connectivity index (χ1n) is 7.08. The predicted octanol–water partition coefficient (Wildman–Crippen LogP) is 3.11. The van der Waals surface area contributed by atoms with E-state index >= 15 is 0 Å². The molecule has 1 saturated heterocycles. The van der Waals surface area contributed by atoms with E-state index in [4.69, 9.17) is 16.3 Å². The summed E-state index contributed by atoms with van der Waals surface area (Å²) in [4.78, 5) is 11.8. The number of rotatable bonds is 7. The first-order chi connectivity index (χ1) is 8.61. The molecule has 1 aliphatic heterocycles. The topological polar surface area (TPSA) is 38.3 Å². The zero-order valence-corrected chi connectivity index (χ0v) is 12.3. The average molecular weight is 276 g/mol. The molecule has 0 radical (unpaired) electrons. The van der Waals surface area contributed by atoms with Gasteiger partial charge in [0.25, 0.3) is 0 Å². The molecule has 0 aromatic heterocycles. The third kappa shape index (κ3) is 6.60. The Hall–Kier alpha value is -0.280. The van der Waals surface area contributed by atoms with Crippen molar-refractivity contribution in [3.05, 3.63) is 0 Å². The Morgan fingerprint density at radius 1 is 1.44 bits per heavy atom. The standard InChI is InChI=1S/C14H26ClNO2/c1-11(2)9-12(10-15)16-14(17)7-6-13-5-3-4-8-18-13/h11-13H,3-10H2,1-2H3,(H,16,17). The maximum absolute atomic E-state index is 11.8. The fourth-order valence-corrected chi connectivity index (χ4v) is 2.56. The highest BCUT2D eigenvalue weighted by Crippen LogP contribution is 2.17. The number of hydrogen-bond acceptors (Lipinski definition) is 2. The van der Waals surface area contributed by atoms with E-state index in [0.29, 0.717) is 18.2 Å². The third-order valence-electron chi connectivity index (χ3n) is 3.27. The summed E-state index contributed by atoms with van der Waals surface area (Å²) in [5.41, 5.74) is 0. The van der Waals surface area contributed by atoms with Gasteiger partial charge in [0.05, 0.1) is 6.10 Å². The summed E-state index contributed by atoms with van der Waals surface area (Å²) < 4.78 is 5.62. The molecule has 1 rings (SSSR count). The van der Waals surface area contributed by atoms with Crippen LogP contribution in [-0.2, 0) is 9.53 Å². The van der Waals surface area contributed by atoms with Gasteiger partial charge < -0.3 is 10.1 Å². The van der Waals surface area contributed by atoms with Crippen LogP contribution in [0.25, 0.3) is 0 Å². The number of carbonyl (C=O) groups is 1. The zero-order valence-electron chi connectivity index (χ0n) is 11.6. The Balaban J connectivity index is 2.18. The van der Waals surface area contributed by atoms with E-state index in [1.54, 1.807) is 0 Å². The van der Waals surface area contributed by atoms with Gasteiger partial charge in [0.2, 0.25) is 5.91 Å². The van der Waals surface area contributed by atoms with Gasteiger partial charge in [-0.05, 0) is 38.0 Å². The summed E-state index contributed by atoms with van der Waals surface area (Å²) in [5, 5.41) is 3.01. The molecule has 1 amide bonds. The van der Waals surface area contributed by atoms with Crippen LogP contribution < -0.4 is 5.32 Å². The van der Waals surface area contributed by atoms with Crippen LogP contribution in [0.3, 0.4) is 0 Å². The molecule has 0 aromatic carbocycles. The van der Waals surface area contributed by atoms with E-state index in [0.717, 1.165) is 32.3 Å². The molecular weight excluding hydrogens is 250 g/mol. The van der Waals surface area contributed by atoms with Gasteiger partial charge in [-0.15, -0.1) is 11.6 Å². The molecule has 2 atom stereocenters. The second-order valence-corrected chi connectivity index (χ2v) is 5.88. The molecule has 1 heterocycles. The summed E-state index contributed by atoms with van der Waals surface area (Å²) in [6.07, 6.45) is 6.09. The number of nitrogens with one attached hydrogen (secondary N) is 1. The molecule has 0 bridgehead atoms. The first-order valence-corrected chi connectivity index (χ1v) is 7.62. The second kappa shape index (κ2) is 8.76. The van der Waals surface area contributed by atoms with Gasteiger partial charge in [0.15, 0.2) is 0 Å². The van der Waals surface area contributed by atoms with Gasteiger partial charge in [-0.1, -0.05) is 13.8 Å². The van der Waals surface area contributed by atoms with Crippen LogP contribution in [0.1, 0.15) is 52.4 Å². The molecule has 1 fully saturated rings. The van der Waals surface area contributed by atoms with Crippen LogP contribution in [-0.4, -0.2) is 30.5 Å². The molecular formula is C14H26ClNO2. The molecule has 18 heavy (non-hydrogen) atoms. The zero-order chi connectivity index (χ0) is 13.4. The Morgan fingerprint density at radius 2 is 2.22 bits per heavy atom. The van der Waals surface area contributed by atoms with Crippen LogP contribution in [0.4, 0.5) is 0 Å². The van der Waals surface area contributed by atoms with Gasteiger partial charge in [-0.3, -0.25) is 4.79 Å². The Morgan fingerprint density at radius 3 is 2.78 bits per heavy atom. The Bertz CT molecular complexity index is 240. The summed E-state index contributed by atoms with van der Waals surface area (Å²) in [6.45, 7) is 5.13. The van der Waals surface area contributed by atoms with Gasteiger partial charge >= 0.3 is 0 Å². The summed E-state index contributed by atoms with van der Waals surface area (Å²) >= 11 is 5.87. The van der Waals surface area contributed by atoms with Crippen molar-refractivity contribution >= 4 is 17.5 Å². The fraction of sp³-hybridized carbons (Fsp3) is 0.929. The van der Waals surface area contributed by atoms with Gasteiger partial charge in [-0.2, -0.15) is 0 Å². The summed E-state index contributed by atoms with van der Waals surface area (Å²) in [5.74, 6) is 1.15. The van der Waals surface area contributed by atoms with Crippen molar-refractivity contribution in [3.8, 4) is 0 Å². The lowest BCUT2D eigenvalue weighted by atomic mass is 10.0. The molecule has 106 valence electrons. The quantitative estimate of drug-likeness (QED) is 0.725. The van der Waals surface area contributed by atoms with Crippen molar-refractivity contribution < 1.29 is 9.53 Å². The number of halogens is 1. The molecule has 0 aromatic rings. The lowest BCUT2D eigenvalue weighted by Crippen LogP contribution is -2.37. The number of amides is 1. The summed E-state index contributed by atoms with van der Waals surface area (Å²) in [7, 11) is 0. The van der Waals surface area contributed by atoms with E-state index in [-0.39, 0.29) is 18.1 Å². The van der Waals surface area contributed by atoms with E-state index in [9.17, 15) is 4.79 Å². The summed E-state index contributed by atoms with van der Waals surface area (Å²) in [6, 6.07) is 0.103. The minimum atomic E-state index is 0.103. The van der Waals surface area contributed by atoms with E-state index in [1.807, 2.05) is 0 Å². The molecule has 4 heteroatoms. The maximum atomic E-state index is 11.8. The SMILES string of the molecule is CC(C)CC(CCl)NC(=O)CCC1CCCCO1. The van der Waals surface area contributed by atoms with Crippen LogP contribution in [0, 0.1) is 5.92 Å². The normalized spacial score (nSPS) is 21.9. The number of hydrogen-bond donors (Lipinski definition) is 1. The molecule has 0 aliphatic carbocycles. The first kappa shape index (κ1) is 15.8. The molecule has 1 N–H and O–H groups in total. The molecule has 1 aliphatic rings. The number of alkyl halides is 1. The van der Waals surface area contributed by atoms with Gasteiger partial charge in [-0.25, -0.2) is 0 Å². The number of ether oxygens (including phenoxy) is 1. The van der Waals surface area contributed by atoms with Crippen molar-refractivity contribution in [3.63, 3.8) is 0 Å². The van der Waals surface area contributed by atoms with Crippen molar-refractivity contribution in [1.29, 1.82) is 0 Å².